The first-order chi connectivity index (χ1) is 16.7. The number of carboxylic acid groups (broad SMARTS) is 1. The number of hydrogen-bond donors (Lipinski definition) is 8. The van der Waals surface area contributed by atoms with E-state index in [1.54, 1.807) is 6.20 Å². The molecule has 0 aliphatic heterocycles. The molecule has 1 aromatic carbocycles. The largest absolute Gasteiger partial charge is 0.480 e. The lowest BCUT2D eigenvalue weighted by atomic mass is 10.0. The minimum Gasteiger partial charge on any atom is -0.480 e. The molecule has 10 nitrogen and oxygen atoms in total. The van der Waals surface area contributed by atoms with Gasteiger partial charge in [0, 0.05) is 28.6 Å². The molecule has 0 saturated carbocycles. The third-order valence-corrected chi connectivity index (χ3v) is 6.68. The van der Waals surface area contributed by atoms with Crippen molar-refractivity contribution >= 4 is 71.6 Å². The average molecular weight is 542 g/mol. The summed E-state index contributed by atoms with van der Waals surface area (Å²) < 4.78 is 0. The maximum atomic E-state index is 12.7. The van der Waals surface area contributed by atoms with E-state index >= 15 is 0 Å². The Kier molecular flexibility index (Phi) is 11.8. The smallest absolute Gasteiger partial charge is 0.326 e. The van der Waals surface area contributed by atoms with E-state index in [0.29, 0.717) is 5.75 Å². The average Bonchev–Trinajstić information content (AvgIpc) is 3.25. The van der Waals surface area contributed by atoms with Gasteiger partial charge in [0.1, 0.15) is 18.1 Å². The molecule has 0 bridgehead atoms. The molecule has 0 saturated heterocycles. The molecular formula is C22H31N5O5S3. The highest BCUT2D eigenvalue weighted by Gasteiger charge is 2.29. The topological polar surface area (TPSA) is 166 Å². The molecule has 0 radical (unpaired) electrons. The van der Waals surface area contributed by atoms with Crippen molar-refractivity contribution in [3.63, 3.8) is 0 Å². The van der Waals surface area contributed by atoms with E-state index in [1.807, 2.05) is 30.5 Å². The Morgan fingerprint density at radius 2 is 1.57 bits per heavy atom. The highest BCUT2D eigenvalue weighted by molar-refractivity contribution is 7.98. The number of carbonyl (C=O) groups excluding carboxylic acids is 3. The summed E-state index contributed by atoms with van der Waals surface area (Å²) >= 11 is 9.69. The molecule has 2 rings (SSSR count). The van der Waals surface area contributed by atoms with Crippen LogP contribution in [-0.2, 0) is 25.6 Å². The second-order valence-corrected chi connectivity index (χ2v) is 9.55. The number of amides is 3. The molecule has 192 valence electrons. The number of H-pyrrole nitrogens is 1. The second kappa shape index (κ2) is 14.3. The molecule has 0 aliphatic rings. The number of thioether (sulfide) groups is 1. The molecule has 0 aliphatic carbocycles. The molecule has 3 amide bonds. The molecule has 1 heterocycles. The van der Waals surface area contributed by atoms with E-state index in [4.69, 9.17) is 5.73 Å². The number of aromatic amines is 1. The van der Waals surface area contributed by atoms with Crippen molar-refractivity contribution in [2.45, 2.75) is 37.0 Å². The van der Waals surface area contributed by atoms with E-state index < -0.39 is 47.9 Å². The van der Waals surface area contributed by atoms with Crippen LogP contribution >= 0.6 is 37.0 Å². The van der Waals surface area contributed by atoms with E-state index in [2.05, 4.69) is 46.2 Å². The van der Waals surface area contributed by atoms with E-state index in [0.717, 1.165) is 16.5 Å². The monoisotopic (exact) mass is 541 g/mol. The van der Waals surface area contributed by atoms with Gasteiger partial charge in [0.05, 0.1) is 6.04 Å². The maximum absolute atomic E-state index is 12.7. The summed E-state index contributed by atoms with van der Waals surface area (Å²) in [6, 6.07) is 3.48. The number of carboxylic acids is 1. The zero-order valence-corrected chi connectivity index (χ0v) is 21.8. The number of aromatic nitrogens is 1. The molecule has 0 fully saturated rings. The van der Waals surface area contributed by atoms with Gasteiger partial charge in [0.25, 0.3) is 0 Å². The minimum absolute atomic E-state index is 0.0379. The lowest BCUT2D eigenvalue weighted by molar-refractivity contribution is -0.142. The summed E-state index contributed by atoms with van der Waals surface area (Å²) in [4.78, 5) is 52.5. The molecule has 2 aromatic rings. The summed E-state index contributed by atoms with van der Waals surface area (Å²) in [6.45, 7) is 0. The van der Waals surface area contributed by atoms with Crippen LogP contribution in [0.5, 0.6) is 0 Å². The number of fused-ring (bicyclic) bond motifs is 1. The molecule has 7 N–H and O–H groups in total. The van der Waals surface area contributed by atoms with Crippen LogP contribution in [0, 0.1) is 0 Å². The van der Waals surface area contributed by atoms with Crippen molar-refractivity contribution in [2.75, 3.05) is 23.5 Å². The lowest BCUT2D eigenvalue weighted by Gasteiger charge is -2.23. The van der Waals surface area contributed by atoms with Gasteiger partial charge < -0.3 is 31.8 Å². The Morgan fingerprint density at radius 1 is 1.00 bits per heavy atom. The summed E-state index contributed by atoms with van der Waals surface area (Å²) in [6.07, 6.45) is 4.11. The second-order valence-electron chi connectivity index (χ2n) is 7.84. The first-order valence-corrected chi connectivity index (χ1v) is 13.5. The lowest BCUT2D eigenvalue weighted by Crippen LogP contribution is -2.58. The van der Waals surface area contributed by atoms with Gasteiger partial charge in [-0.05, 0) is 36.5 Å². The molecule has 13 heteroatoms. The van der Waals surface area contributed by atoms with Gasteiger partial charge >= 0.3 is 5.97 Å². The zero-order chi connectivity index (χ0) is 26.0. The van der Waals surface area contributed by atoms with Crippen molar-refractivity contribution in [3.05, 3.63) is 36.0 Å². The molecule has 1 aromatic heterocycles. The van der Waals surface area contributed by atoms with Gasteiger partial charge in [-0.3, -0.25) is 14.4 Å². The first-order valence-electron chi connectivity index (χ1n) is 10.9. The SMILES string of the molecule is CSCCC(NC(=O)C(CS)NC(=O)C(CS)NC(=O)C(N)Cc1c[nH]c2ccccc12)C(=O)O. The number of carbonyl (C=O) groups is 4. The molecular weight excluding hydrogens is 510 g/mol. The first kappa shape index (κ1) is 28.9. The summed E-state index contributed by atoms with van der Waals surface area (Å²) in [5.74, 6) is -2.61. The Balaban J connectivity index is 1.96. The third-order valence-electron chi connectivity index (χ3n) is 5.31. The van der Waals surface area contributed by atoms with Crippen LogP contribution in [0.3, 0.4) is 0 Å². The zero-order valence-electron chi connectivity index (χ0n) is 19.2. The van der Waals surface area contributed by atoms with Crippen LogP contribution in [0.25, 0.3) is 10.9 Å². The van der Waals surface area contributed by atoms with Gasteiger partial charge in [0.15, 0.2) is 0 Å². The predicted molar refractivity (Wildman–Crippen MR) is 144 cm³/mol. The van der Waals surface area contributed by atoms with Gasteiger partial charge in [-0.2, -0.15) is 37.0 Å². The van der Waals surface area contributed by atoms with E-state index in [9.17, 15) is 24.3 Å². The fourth-order valence-corrected chi connectivity index (χ4v) is 4.32. The van der Waals surface area contributed by atoms with Crippen molar-refractivity contribution in [1.29, 1.82) is 0 Å². The minimum atomic E-state index is -1.17. The number of nitrogens with two attached hydrogens (primary N) is 1. The third kappa shape index (κ3) is 8.37. The number of nitrogens with one attached hydrogen (secondary N) is 4. The summed E-state index contributed by atoms with van der Waals surface area (Å²) in [7, 11) is 0. The molecule has 35 heavy (non-hydrogen) atoms. The number of thiol groups is 2. The van der Waals surface area contributed by atoms with Crippen LogP contribution < -0.4 is 21.7 Å². The van der Waals surface area contributed by atoms with Crippen molar-refractivity contribution in [3.8, 4) is 0 Å². The van der Waals surface area contributed by atoms with E-state index in [-0.39, 0.29) is 24.3 Å². The number of hydrogen-bond acceptors (Lipinski definition) is 8. The Morgan fingerprint density at radius 3 is 2.14 bits per heavy atom. The van der Waals surface area contributed by atoms with Gasteiger partial charge in [-0.15, -0.1) is 0 Å². The Hall–Kier alpha value is -2.35. The summed E-state index contributed by atoms with van der Waals surface area (Å²) in [5.41, 5.74) is 7.88. The van der Waals surface area contributed by atoms with Gasteiger partial charge in [-0.1, -0.05) is 18.2 Å². The standard InChI is InChI=1S/C22H31N5O5S3/c1-35-7-6-16(22(31)32)25-20(29)18(11-34)27-21(30)17(10-33)26-19(28)14(23)8-12-9-24-15-5-3-2-4-13(12)15/h2-5,9,14,16-18,24,33-34H,6-8,10-11,23H2,1H3,(H,25,29)(H,26,28)(H,27,30)(H,31,32). The number of benzene rings is 1. The van der Waals surface area contributed by atoms with Gasteiger partial charge in [-0.25, -0.2) is 4.79 Å². The number of aliphatic carboxylic acids is 1. The van der Waals surface area contributed by atoms with Crippen LogP contribution in [-0.4, -0.2) is 81.5 Å². The quantitative estimate of drug-likeness (QED) is 0.158. The normalized spacial score (nSPS) is 14.5. The van der Waals surface area contributed by atoms with Crippen LogP contribution in [0.15, 0.2) is 30.5 Å². The number of para-hydroxylation sites is 1. The number of rotatable bonds is 14. The molecule has 0 spiro atoms. The molecule has 4 atom stereocenters. The van der Waals surface area contributed by atoms with Crippen LogP contribution in [0.1, 0.15) is 12.0 Å². The highest BCUT2D eigenvalue weighted by Crippen LogP contribution is 2.18. The van der Waals surface area contributed by atoms with Crippen molar-refractivity contribution < 1.29 is 24.3 Å². The maximum Gasteiger partial charge on any atom is 0.326 e. The van der Waals surface area contributed by atoms with Crippen molar-refractivity contribution in [2.24, 2.45) is 5.73 Å². The summed E-state index contributed by atoms with van der Waals surface area (Å²) in [5, 5.41) is 17.7. The highest BCUT2D eigenvalue weighted by atomic mass is 32.2. The van der Waals surface area contributed by atoms with Gasteiger partial charge in [0.2, 0.25) is 17.7 Å². The Bertz CT molecular complexity index is 1030. The Labute approximate surface area is 218 Å². The van der Waals surface area contributed by atoms with Crippen LogP contribution in [0.4, 0.5) is 0 Å². The van der Waals surface area contributed by atoms with Crippen LogP contribution in [0.2, 0.25) is 0 Å². The van der Waals surface area contributed by atoms with E-state index in [1.165, 1.54) is 11.8 Å². The fourth-order valence-electron chi connectivity index (χ4n) is 3.33. The predicted octanol–water partition coefficient (Wildman–Crippen LogP) is 0.189. The molecule has 4 unspecified atom stereocenters. The fraction of sp³-hybridized carbons (Fsp3) is 0.455. The van der Waals surface area contributed by atoms with Crippen molar-refractivity contribution in [1.82, 2.24) is 20.9 Å².